The van der Waals surface area contributed by atoms with Crippen molar-refractivity contribution in [2.75, 3.05) is 39.3 Å². The van der Waals surface area contributed by atoms with E-state index in [0.29, 0.717) is 17.9 Å². The number of ether oxygens (including phenoxy) is 1. The van der Waals surface area contributed by atoms with E-state index in [4.69, 9.17) is 4.74 Å². The lowest BCUT2D eigenvalue weighted by Gasteiger charge is -2.34. The Labute approximate surface area is 159 Å². The van der Waals surface area contributed by atoms with Gasteiger partial charge in [0.2, 0.25) is 0 Å². The van der Waals surface area contributed by atoms with Crippen LogP contribution in [-0.2, 0) is 6.54 Å². The molecule has 0 spiro atoms. The topological polar surface area (TPSA) is 50.6 Å². The monoisotopic (exact) mass is 374 g/mol. The van der Waals surface area contributed by atoms with Crippen molar-refractivity contribution in [3.8, 4) is 5.75 Å². The summed E-state index contributed by atoms with van der Waals surface area (Å²) in [5, 5.41) is 4.27. The molecule has 1 fully saturated rings. The van der Waals surface area contributed by atoms with Gasteiger partial charge in [0.1, 0.15) is 11.6 Å². The first kappa shape index (κ1) is 19.4. The molecule has 27 heavy (non-hydrogen) atoms. The first-order valence-corrected chi connectivity index (χ1v) is 9.51. The number of carbonyl (C=O) groups excluding carboxylic acids is 1. The molecule has 0 radical (unpaired) electrons. The highest BCUT2D eigenvalue weighted by Gasteiger charge is 2.24. The summed E-state index contributed by atoms with van der Waals surface area (Å²) in [6.07, 6.45) is 2.58. The quantitative estimate of drug-likeness (QED) is 0.699. The summed E-state index contributed by atoms with van der Waals surface area (Å²) in [6.45, 7) is 9.45. The number of aryl methyl sites for hydroxylation is 1. The van der Waals surface area contributed by atoms with Crippen LogP contribution >= 0.6 is 0 Å². The highest BCUT2D eigenvalue weighted by atomic mass is 19.1. The average Bonchev–Trinajstić information content (AvgIpc) is 3.07. The van der Waals surface area contributed by atoms with Gasteiger partial charge in [-0.3, -0.25) is 14.4 Å². The molecule has 146 valence electrons. The number of benzene rings is 1. The Morgan fingerprint density at radius 2 is 1.89 bits per heavy atom. The molecule has 0 N–H and O–H groups in total. The van der Waals surface area contributed by atoms with Gasteiger partial charge in [-0.2, -0.15) is 5.10 Å². The lowest BCUT2D eigenvalue weighted by molar-refractivity contribution is 0.0630. The van der Waals surface area contributed by atoms with Crippen LogP contribution in [0.25, 0.3) is 0 Å². The molecule has 1 saturated heterocycles. The maximum absolute atomic E-state index is 12.9. The fourth-order valence-electron chi connectivity index (χ4n) is 3.33. The first-order chi connectivity index (χ1) is 13.1. The van der Waals surface area contributed by atoms with Crippen molar-refractivity contribution in [3.05, 3.63) is 47.5 Å². The van der Waals surface area contributed by atoms with Crippen molar-refractivity contribution in [2.45, 2.75) is 26.8 Å². The van der Waals surface area contributed by atoms with Gasteiger partial charge in [-0.05, 0) is 44.5 Å². The van der Waals surface area contributed by atoms with Crippen molar-refractivity contribution in [1.29, 1.82) is 0 Å². The predicted octanol–water partition coefficient (Wildman–Crippen LogP) is 2.58. The lowest BCUT2D eigenvalue weighted by atomic mass is 10.2. The number of halogens is 1. The third kappa shape index (κ3) is 4.86. The summed E-state index contributed by atoms with van der Waals surface area (Å²) in [6, 6.07) is 6.08. The number of aromatic nitrogens is 2. The molecule has 0 atom stereocenters. The zero-order valence-electron chi connectivity index (χ0n) is 16.0. The largest absolute Gasteiger partial charge is 0.494 e. The van der Waals surface area contributed by atoms with Crippen LogP contribution in [0.4, 0.5) is 4.39 Å². The van der Waals surface area contributed by atoms with Crippen molar-refractivity contribution in [3.63, 3.8) is 0 Å². The summed E-state index contributed by atoms with van der Waals surface area (Å²) < 4.78 is 20.3. The third-order valence-corrected chi connectivity index (χ3v) is 4.99. The van der Waals surface area contributed by atoms with Gasteiger partial charge in [-0.15, -0.1) is 0 Å². The van der Waals surface area contributed by atoms with Gasteiger partial charge < -0.3 is 9.64 Å². The van der Waals surface area contributed by atoms with Crippen LogP contribution in [-0.4, -0.2) is 64.8 Å². The second-order valence-electron chi connectivity index (χ2n) is 6.75. The molecule has 1 amide bonds. The van der Waals surface area contributed by atoms with E-state index in [9.17, 15) is 9.18 Å². The van der Waals surface area contributed by atoms with Gasteiger partial charge in [0.15, 0.2) is 0 Å². The fraction of sp³-hybridized carbons (Fsp3) is 0.500. The highest BCUT2D eigenvalue weighted by molar-refractivity contribution is 5.95. The van der Waals surface area contributed by atoms with E-state index in [2.05, 4.69) is 10.00 Å². The molecule has 2 aromatic rings. The summed E-state index contributed by atoms with van der Waals surface area (Å²) in [5.41, 5.74) is 1.64. The van der Waals surface area contributed by atoms with Gasteiger partial charge in [0, 0.05) is 45.0 Å². The van der Waals surface area contributed by atoms with Gasteiger partial charge in [0.05, 0.1) is 18.4 Å². The van der Waals surface area contributed by atoms with E-state index in [-0.39, 0.29) is 11.7 Å². The minimum Gasteiger partial charge on any atom is -0.494 e. The second kappa shape index (κ2) is 8.99. The molecular formula is C20H27FN4O2. The molecular weight excluding hydrogens is 347 g/mol. The van der Waals surface area contributed by atoms with E-state index in [0.717, 1.165) is 51.4 Å². The Balaban J connectivity index is 1.39. The molecule has 3 rings (SSSR count). The first-order valence-electron chi connectivity index (χ1n) is 9.51. The highest BCUT2D eigenvalue weighted by Crippen LogP contribution is 2.14. The van der Waals surface area contributed by atoms with Gasteiger partial charge in [0.25, 0.3) is 5.91 Å². The summed E-state index contributed by atoms with van der Waals surface area (Å²) in [5.74, 6) is 0.508. The predicted molar refractivity (Wildman–Crippen MR) is 101 cm³/mol. The van der Waals surface area contributed by atoms with Crippen LogP contribution in [0.1, 0.15) is 29.4 Å². The number of amides is 1. The Hall–Kier alpha value is -2.41. The number of rotatable bonds is 7. The maximum atomic E-state index is 12.9. The molecule has 1 aliphatic heterocycles. The standard InChI is InChI=1S/C20H27FN4O2/c1-3-25-16(2)19(15-22-25)20(26)24-12-10-23(11-13-24)9-4-14-27-18-7-5-17(21)6-8-18/h5-8,15H,3-4,9-14H2,1-2H3. The van der Waals surface area contributed by atoms with E-state index in [1.807, 2.05) is 23.4 Å². The van der Waals surface area contributed by atoms with Crippen LogP contribution in [0.2, 0.25) is 0 Å². The van der Waals surface area contributed by atoms with Gasteiger partial charge in [-0.1, -0.05) is 0 Å². The third-order valence-electron chi connectivity index (χ3n) is 4.99. The van der Waals surface area contributed by atoms with E-state index < -0.39 is 0 Å². The van der Waals surface area contributed by atoms with Crippen LogP contribution in [0.15, 0.2) is 30.5 Å². The molecule has 2 heterocycles. The lowest BCUT2D eigenvalue weighted by Crippen LogP contribution is -2.49. The van der Waals surface area contributed by atoms with Crippen LogP contribution < -0.4 is 4.74 Å². The van der Waals surface area contributed by atoms with E-state index in [1.165, 1.54) is 12.1 Å². The van der Waals surface area contributed by atoms with Crippen molar-refractivity contribution in [1.82, 2.24) is 19.6 Å². The van der Waals surface area contributed by atoms with Crippen LogP contribution in [0.3, 0.4) is 0 Å². The molecule has 1 aliphatic rings. The average molecular weight is 374 g/mol. The number of piperazine rings is 1. The Morgan fingerprint density at radius 3 is 2.52 bits per heavy atom. The smallest absolute Gasteiger partial charge is 0.257 e. The Kier molecular flexibility index (Phi) is 6.45. The minimum atomic E-state index is -0.257. The molecule has 0 unspecified atom stereocenters. The Bertz CT molecular complexity index is 752. The summed E-state index contributed by atoms with van der Waals surface area (Å²) >= 11 is 0. The van der Waals surface area contributed by atoms with E-state index >= 15 is 0 Å². The molecule has 1 aromatic heterocycles. The fourth-order valence-corrected chi connectivity index (χ4v) is 3.33. The SMILES string of the molecule is CCn1ncc(C(=O)N2CCN(CCCOc3ccc(F)cc3)CC2)c1C. The molecule has 0 bridgehead atoms. The summed E-state index contributed by atoms with van der Waals surface area (Å²) in [4.78, 5) is 17.0. The number of hydrogen-bond donors (Lipinski definition) is 0. The number of hydrogen-bond acceptors (Lipinski definition) is 4. The van der Waals surface area contributed by atoms with Crippen molar-refractivity contribution < 1.29 is 13.9 Å². The van der Waals surface area contributed by atoms with Crippen molar-refractivity contribution in [2.24, 2.45) is 0 Å². The van der Waals surface area contributed by atoms with Crippen molar-refractivity contribution >= 4 is 5.91 Å². The molecule has 1 aromatic carbocycles. The number of carbonyl (C=O) groups is 1. The molecule has 0 aliphatic carbocycles. The molecule has 7 heteroatoms. The van der Waals surface area contributed by atoms with E-state index in [1.54, 1.807) is 18.3 Å². The van der Waals surface area contributed by atoms with Crippen LogP contribution in [0, 0.1) is 12.7 Å². The zero-order valence-corrected chi connectivity index (χ0v) is 16.0. The van der Waals surface area contributed by atoms with Gasteiger partial charge >= 0.3 is 0 Å². The normalized spacial score (nSPS) is 15.1. The molecule has 6 nitrogen and oxygen atoms in total. The second-order valence-corrected chi connectivity index (χ2v) is 6.75. The summed E-state index contributed by atoms with van der Waals surface area (Å²) in [7, 11) is 0. The number of nitrogens with zero attached hydrogens (tertiary/aromatic N) is 4. The van der Waals surface area contributed by atoms with Gasteiger partial charge in [-0.25, -0.2) is 4.39 Å². The molecule has 0 saturated carbocycles. The maximum Gasteiger partial charge on any atom is 0.257 e. The minimum absolute atomic E-state index is 0.0755. The zero-order chi connectivity index (χ0) is 19.2. The Morgan fingerprint density at radius 1 is 1.19 bits per heavy atom. The van der Waals surface area contributed by atoms with Crippen LogP contribution in [0.5, 0.6) is 5.75 Å².